The molecule has 0 saturated heterocycles. The van der Waals surface area contributed by atoms with Gasteiger partial charge in [-0.05, 0) is 17.7 Å². The summed E-state index contributed by atoms with van der Waals surface area (Å²) in [5.74, 6) is -1.71. The van der Waals surface area contributed by atoms with E-state index in [1.807, 2.05) is 30.3 Å². The first-order chi connectivity index (χ1) is 12.2. The summed E-state index contributed by atoms with van der Waals surface area (Å²) < 4.78 is 0. The van der Waals surface area contributed by atoms with Crippen molar-refractivity contribution >= 4 is 22.7 Å². The van der Waals surface area contributed by atoms with E-state index in [4.69, 9.17) is 10.5 Å². The van der Waals surface area contributed by atoms with Crippen LogP contribution in [0.5, 0.6) is 0 Å². The van der Waals surface area contributed by atoms with E-state index in [1.165, 1.54) is 12.2 Å². The van der Waals surface area contributed by atoms with Crippen molar-refractivity contribution in [3.05, 3.63) is 72.8 Å². The fourth-order valence-electron chi connectivity index (χ4n) is 2.48. The molecule has 0 aliphatic heterocycles. The van der Waals surface area contributed by atoms with Gasteiger partial charge in [0.2, 0.25) is 0 Å². The van der Waals surface area contributed by atoms with Gasteiger partial charge in [-0.3, -0.25) is 4.79 Å². The standard InChI is InChI=1S/C12H9N3.C7H7NO2/c1-2-5-9(6-3-1)10-7-4-8-11-12(10)14-15-13-11;8-6-4-2-1-3-5(6)7(9)10/h1-8H,(H,13,14,15);1-5,8H,(H,9,10). The Kier molecular flexibility index (Phi) is 4.80. The fraction of sp³-hybridized carbons (Fsp3) is 0.0526. The zero-order valence-electron chi connectivity index (χ0n) is 13.3. The third-order valence-corrected chi connectivity index (χ3v) is 3.72. The number of nitrogens with zero attached hydrogens (tertiary/aromatic N) is 2. The molecule has 0 fully saturated rings. The molecule has 0 spiro atoms. The normalized spacial score (nSPS) is 15.7. The predicted molar refractivity (Wildman–Crippen MR) is 96.5 cm³/mol. The van der Waals surface area contributed by atoms with Gasteiger partial charge in [0.25, 0.3) is 0 Å². The molecule has 0 saturated carbocycles. The smallest absolute Gasteiger partial charge is 0.316 e. The van der Waals surface area contributed by atoms with Gasteiger partial charge >= 0.3 is 5.97 Å². The van der Waals surface area contributed by atoms with Crippen LogP contribution >= 0.6 is 0 Å². The van der Waals surface area contributed by atoms with Crippen LogP contribution in [0.1, 0.15) is 0 Å². The maximum absolute atomic E-state index is 10.3. The highest BCUT2D eigenvalue weighted by Gasteiger charge is 2.18. The number of para-hydroxylation sites is 1. The average Bonchev–Trinajstić information content (AvgIpc) is 3.12. The monoisotopic (exact) mass is 332 g/mol. The van der Waals surface area contributed by atoms with Crippen molar-refractivity contribution in [1.29, 1.82) is 5.41 Å². The van der Waals surface area contributed by atoms with Crippen LogP contribution in [0.25, 0.3) is 22.2 Å². The summed E-state index contributed by atoms with van der Waals surface area (Å²) in [6, 6.07) is 16.2. The molecule has 1 heterocycles. The number of hydrogen-bond acceptors (Lipinski definition) is 4. The van der Waals surface area contributed by atoms with Gasteiger partial charge in [-0.15, -0.1) is 0 Å². The van der Waals surface area contributed by atoms with Crippen molar-refractivity contribution < 1.29 is 9.90 Å². The highest BCUT2D eigenvalue weighted by molar-refractivity contribution is 6.08. The SMILES string of the molecule is N=C1C=CC=CC1C(=O)O.c1ccc(-c2cccc3n[nH]nc23)cc1. The minimum absolute atomic E-state index is 0.134. The van der Waals surface area contributed by atoms with Gasteiger partial charge in [-0.1, -0.05) is 60.7 Å². The molecule has 2 aromatic carbocycles. The van der Waals surface area contributed by atoms with Crippen LogP contribution in [0.4, 0.5) is 0 Å². The minimum atomic E-state index is -0.967. The maximum Gasteiger partial charge on any atom is 0.316 e. The molecule has 4 rings (SSSR count). The first-order valence-corrected chi connectivity index (χ1v) is 7.68. The molecule has 0 amide bonds. The van der Waals surface area contributed by atoms with E-state index in [0.717, 1.165) is 22.2 Å². The van der Waals surface area contributed by atoms with E-state index >= 15 is 0 Å². The highest BCUT2D eigenvalue weighted by atomic mass is 16.4. The topological polar surface area (TPSA) is 103 Å². The number of aromatic nitrogens is 3. The molecule has 25 heavy (non-hydrogen) atoms. The van der Waals surface area contributed by atoms with Crippen molar-refractivity contribution in [2.75, 3.05) is 0 Å². The Bertz CT molecular complexity index is 958. The Morgan fingerprint density at radius 3 is 2.52 bits per heavy atom. The van der Waals surface area contributed by atoms with Crippen molar-refractivity contribution in [3.8, 4) is 11.1 Å². The van der Waals surface area contributed by atoms with Crippen LogP contribution in [0.3, 0.4) is 0 Å². The molecule has 6 nitrogen and oxygen atoms in total. The number of nitrogens with one attached hydrogen (secondary N) is 2. The molecule has 3 aromatic rings. The van der Waals surface area contributed by atoms with Crippen LogP contribution in [0, 0.1) is 11.3 Å². The first-order valence-electron chi connectivity index (χ1n) is 7.68. The lowest BCUT2D eigenvalue weighted by molar-refractivity contribution is -0.138. The number of carboxylic acids is 1. The Hall–Kier alpha value is -3.54. The second-order valence-electron chi connectivity index (χ2n) is 5.38. The van der Waals surface area contributed by atoms with Gasteiger partial charge in [0.1, 0.15) is 17.0 Å². The number of benzene rings is 2. The Balaban J connectivity index is 0.000000160. The number of aliphatic carboxylic acids is 1. The summed E-state index contributed by atoms with van der Waals surface area (Å²) in [4.78, 5) is 10.3. The summed E-state index contributed by atoms with van der Waals surface area (Å²) in [5, 5.41) is 26.5. The molecule has 1 atom stereocenters. The van der Waals surface area contributed by atoms with Crippen molar-refractivity contribution in [3.63, 3.8) is 0 Å². The molecule has 0 bridgehead atoms. The molecule has 124 valence electrons. The molecule has 1 aromatic heterocycles. The number of allylic oxidation sites excluding steroid dienone is 3. The van der Waals surface area contributed by atoms with E-state index < -0.39 is 11.9 Å². The number of rotatable bonds is 2. The highest BCUT2D eigenvalue weighted by Crippen LogP contribution is 2.25. The van der Waals surface area contributed by atoms with Gasteiger partial charge in [0.15, 0.2) is 0 Å². The molecule has 3 N–H and O–H groups in total. The number of fused-ring (bicyclic) bond motifs is 1. The van der Waals surface area contributed by atoms with Gasteiger partial charge in [-0.25, -0.2) is 0 Å². The number of carboxylic acid groups (broad SMARTS) is 1. The maximum atomic E-state index is 10.3. The summed E-state index contributed by atoms with van der Waals surface area (Å²) in [6.07, 6.45) is 6.27. The Labute approximate surface area is 144 Å². The fourth-order valence-corrected chi connectivity index (χ4v) is 2.48. The molecule has 1 aliphatic carbocycles. The lowest BCUT2D eigenvalue weighted by Crippen LogP contribution is -2.20. The third kappa shape index (κ3) is 3.69. The van der Waals surface area contributed by atoms with Gasteiger partial charge in [0, 0.05) is 11.3 Å². The quantitative estimate of drug-likeness (QED) is 0.668. The van der Waals surface area contributed by atoms with E-state index in [2.05, 4.69) is 33.6 Å². The van der Waals surface area contributed by atoms with Gasteiger partial charge < -0.3 is 10.5 Å². The van der Waals surface area contributed by atoms with E-state index in [0.29, 0.717) is 0 Å². The summed E-state index contributed by atoms with van der Waals surface area (Å²) in [6.45, 7) is 0. The molecule has 6 heteroatoms. The number of H-pyrrole nitrogens is 1. The summed E-state index contributed by atoms with van der Waals surface area (Å²) in [7, 11) is 0. The number of hydrogen-bond donors (Lipinski definition) is 3. The van der Waals surface area contributed by atoms with Crippen LogP contribution in [-0.2, 0) is 4.79 Å². The average molecular weight is 332 g/mol. The van der Waals surface area contributed by atoms with Crippen LogP contribution in [-0.4, -0.2) is 32.2 Å². The lowest BCUT2D eigenvalue weighted by Gasteiger charge is -2.07. The van der Waals surface area contributed by atoms with Crippen molar-refractivity contribution in [2.24, 2.45) is 5.92 Å². The lowest BCUT2D eigenvalue weighted by atomic mass is 9.99. The second-order valence-corrected chi connectivity index (χ2v) is 5.38. The summed E-state index contributed by atoms with van der Waals surface area (Å²) in [5.41, 5.74) is 4.23. The van der Waals surface area contributed by atoms with E-state index in [9.17, 15) is 4.79 Å². The molecular formula is C19H16N4O2. The first kappa shape index (κ1) is 16.3. The second kappa shape index (κ2) is 7.35. The van der Waals surface area contributed by atoms with Crippen LogP contribution in [0.15, 0.2) is 72.8 Å². The Morgan fingerprint density at radius 2 is 1.84 bits per heavy atom. The van der Waals surface area contributed by atoms with Gasteiger partial charge in [-0.2, -0.15) is 15.4 Å². The van der Waals surface area contributed by atoms with E-state index in [1.54, 1.807) is 12.2 Å². The van der Waals surface area contributed by atoms with Gasteiger partial charge in [0.05, 0.1) is 0 Å². The number of carbonyl (C=O) groups is 1. The molecule has 1 aliphatic rings. The van der Waals surface area contributed by atoms with Crippen LogP contribution in [0.2, 0.25) is 0 Å². The van der Waals surface area contributed by atoms with Crippen molar-refractivity contribution in [2.45, 2.75) is 0 Å². The molecular weight excluding hydrogens is 316 g/mol. The Morgan fingerprint density at radius 1 is 1.04 bits per heavy atom. The molecule has 0 radical (unpaired) electrons. The number of aromatic amines is 1. The van der Waals surface area contributed by atoms with Crippen molar-refractivity contribution in [1.82, 2.24) is 15.4 Å². The summed E-state index contributed by atoms with van der Waals surface area (Å²) >= 11 is 0. The minimum Gasteiger partial charge on any atom is -0.481 e. The third-order valence-electron chi connectivity index (χ3n) is 3.72. The zero-order chi connectivity index (χ0) is 17.6. The van der Waals surface area contributed by atoms with Crippen LogP contribution < -0.4 is 0 Å². The zero-order valence-corrected chi connectivity index (χ0v) is 13.3. The largest absolute Gasteiger partial charge is 0.481 e. The predicted octanol–water partition coefficient (Wildman–Crippen LogP) is 3.46. The molecule has 1 unspecified atom stereocenters. The van der Waals surface area contributed by atoms with E-state index in [-0.39, 0.29) is 5.71 Å².